The number of benzene rings is 1. The first-order valence-corrected chi connectivity index (χ1v) is 12.0. The third-order valence-electron chi connectivity index (χ3n) is 5.48. The van der Waals surface area contributed by atoms with Gasteiger partial charge >= 0.3 is 0 Å². The maximum absolute atomic E-state index is 13.0. The van der Waals surface area contributed by atoms with Crippen LogP contribution in [0.5, 0.6) is 0 Å². The van der Waals surface area contributed by atoms with Crippen molar-refractivity contribution in [3.8, 4) is 11.5 Å². The summed E-state index contributed by atoms with van der Waals surface area (Å²) in [7, 11) is 0.409. The van der Waals surface area contributed by atoms with Crippen LogP contribution >= 0.6 is 0 Å². The Hall–Kier alpha value is -3.92. The minimum absolute atomic E-state index is 0.284. The van der Waals surface area contributed by atoms with E-state index in [0.29, 0.717) is 33.2 Å². The average molecular weight is 473 g/mol. The lowest BCUT2D eigenvalue weighted by Crippen LogP contribution is -2.05. The molecule has 1 unspecified atom stereocenters. The molecule has 10 heteroatoms. The summed E-state index contributed by atoms with van der Waals surface area (Å²) in [6, 6.07) is 13.3. The molecule has 0 saturated heterocycles. The maximum Gasteiger partial charge on any atom is 0.204 e. The van der Waals surface area contributed by atoms with Crippen LogP contribution in [0.25, 0.3) is 22.6 Å². The van der Waals surface area contributed by atoms with Crippen LogP contribution in [0, 0.1) is 6.92 Å². The molecule has 5 rings (SSSR count). The Morgan fingerprint density at radius 1 is 0.971 bits per heavy atom. The number of hydrogen-bond acceptors (Lipinski definition) is 7. The van der Waals surface area contributed by atoms with Gasteiger partial charge in [0.25, 0.3) is 0 Å². The highest BCUT2D eigenvalue weighted by Crippen LogP contribution is 2.25. The number of fused-ring (bicyclic) bond motifs is 1. The molecule has 0 radical (unpaired) electrons. The first kappa shape index (κ1) is 21.9. The average Bonchev–Trinajstić information content (AvgIpc) is 3.38. The third kappa shape index (κ3) is 3.96. The number of nitrogens with zero attached hydrogens (tertiary/aromatic N) is 7. The van der Waals surface area contributed by atoms with Crippen LogP contribution in [0.1, 0.15) is 25.7 Å². The van der Waals surface area contributed by atoms with Crippen LogP contribution in [-0.2, 0) is 17.8 Å². The summed E-state index contributed by atoms with van der Waals surface area (Å²) >= 11 is 0. The normalized spacial score (nSPS) is 12.4. The van der Waals surface area contributed by atoms with E-state index >= 15 is 0 Å². The highest BCUT2D eigenvalue weighted by atomic mass is 32.2. The second-order valence-corrected chi connectivity index (χ2v) is 9.51. The second kappa shape index (κ2) is 8.79. The van der Waals surface area contributed by atoms with Crippen molar-refractivity contribution in [2.75, 3.05) is 5.32 Å². The fourth-order valence-corrected chi connectivity index (χ4v) is 5.06. The largest absolute Gasteiger partial charge is 0.326 e. The van der Waals surface area contributed by atoms with Crippen molar-refractivity contribution in [3.05, 3.63) is 66.9 Å². The van der Waals surface area contributed by atoms with E-state index in [1.54, 1.807) is 29.2 Å². The summed E-state index contributed by atoms with van der Waals surface area (Å²) < 4.78 is 16.9. The molecular weight excluding hydrogens is 448 g/mol. The van der Waals surface area contributed by atoms with E-state index < -0.39 is 10.8 Å². The summed E-state index contributed by atoms with van der Waals surface area (Å²) in [4.78, 5) is 23.2. The zero-order valence-corrected chi connectivity index (χ0v) is 20.1. The predicted molar refractivity (Wildman–Crippen MR) is 131 cm³/mol. The summed E-state index contributed by atoms with van der Waals surface area (Å²) in [5.74, 6) is 2.68. The monoisotopic (exact) mass is 472 g/mol. The van der Waals surface area contributed by atoms with Crippen molar-refractivity contribution in [1.29, 1.82) is 0 Å². The number of pyridine rings is 1. The van der Waals surface area contributed by atoms with Gasteiger partial charge < -0.3 is 14.5 Å². The van der Waals surface area contributed by atoms with E-state index in [9.17, 15) is 4.21 Å². The molecular formula is C24H24N8OS. The zero-order valence-electron chi connectivity index (χ0n) is 19.3. The molecule has 9 nitrogen and oxygen atoms in total. The Kier molecular flexibility index (Phi) is 5.66. The Labute approximate surface area is 199 Å². The lowest BCUT2D eigenvalue weighted by Gasteiger charge is -2.11. The summed E-state index contributed by atoms with van der Waals surface area (Å²) in [6.07, 6.45) is 5.08. The molecule has 0 saturated carbocycles. The van der Waals surface area contributed by atoms with E-state index in [1.165, 1.54) is 0 Å². The highest BCUT2D eigenvalue weighted by molar-refractivity contribution is 7.85. The Bertz CT molecular complexity index is 1510. The van der Waals surface area contributed by atoms with E-state index in [2.05, 4.69) is 48.7 Å². The Balaban J connectivity index is 1.44. The number of aryl methyl sites for hydroxylation is 1. The fourth-order valence-electron chi connectivity index (χ4n) is 3.94. The molecule has 34 heavy (non-hydrogen) atoms. The van der Waals surface area contributed by atoms with Gasteiger partial charge in [-0.2, -0.15) is 0 Å². The number of rotatable bonds is 6. The van der Waals surface area contributed by atoms with Gasteiger partial charge in [-0.05, 0) is 39.0 Å². The van der Waals surface area contributed by atoms with Gasteiger partial charge in [-0.1, -0.05) is 18.2 Å². The molecule has 1 atom stereocenters. The molecule has 1 aromatic carbocycles. The molecule has 0 amide bonds. The van der Waals surface area contributed by atoms with Crippen LogP contribution in [0.15, 0.2) is 71.1 Å². The lowest BCUT2D eigenvalue weighted by atomic mass is 10.3. The minimum Gasteiger partial charge on any atom is -0.326 e. The highest BCUT2D eigenvalue weighted by Gasteiger charge is 2.18. The molecule has 0 aliphatic rings. The molecule has 172 valence electrons. The quantitative estimate of drug-likeness (QED) is 0.390. The van der Waals surface area contributed by atoms with Gasteiger partial charge in [-0.15, -0.1) is 0 Å². The van der Waals surface area contributed by atoms with Crippen molar-refractivity contribution >= 4 is 33.5 Å². The van der Waals surface area contributed by atoms with Crippen molar-refractivity contribution in [1.82, 2.24) is 34.1 Å². The number of anilines is 2. The first-order chi connectivity index (χ1) is 16.4. The number of aromatic nitrogens is 7. The molecule has 0 spiro atoms. The Morgan fingerprint density at radius 3 is 2.53 bits per heavy atom. The van der Waals surface area contributed by atoms with Crippen molar-refractivity contribution in [3.63, 3.8) is 0 Å². The van der Waals surface area contributed by atoms with E-state index in [1.807, 2.05) is 50.4 Å². The topological polar surface area (TPSA) is 103 Å². The van der Waals surface area contributed by atoms with Gasteiger partial charge in [0.05, 0.1) is 17.9 Å². The molecule has 1 N–H and O–H groups in total. The van der Waals surface area contributed by atoms with Crippen LogP contribution in [-0.4, -0.2) is 38.3 Å². The molecule has 0 aliphatic heterocycles. The standard InChI is InChI=1S/C24H24N8OS/c1-15(2)32-16(3)28-18-13-26-22(12-19(18)32)29-21-10-11-25-23(30-21)20-14-27-24(31(20)4)34(33)17-8-6-5-7-9-17/h5-15H,1-4H3,(H,25,26,29,30). The fraction of sp³-hybridized carbons (Fsp3) is 0.208. The van der Waals surface area contributed by atoms with Gasteiger partial charge in [0.1, 0.15) is 39.5 Å². The zero-order chi connectivity index (χ0) is 23.8. The molecule has 0 fully saturated rings. The van der Waals surface area contributed by atoms with E-state index in [0.717, 1.165) is 16.9 Å². The summed E-state index contributed by atoms with van der Waals surface area (Å²) in [5, 5.41) is 3.70. The predicted octanol–water partition coefficient (Wildman–Crippen LogP) is 4.42. The van der Waals surface area contributed by atoms with Crippen LogP contribution in [0.3, 0.4) is 0 Å². The maximum atomic E-state index is 13.0. The lowest BCUT2D eigenvalue weighted by molar-refractivity contribution is 0.600. The molecule has 0 aliphatic carbocycles. The van der Waals surface area contributed by atoms with Crippen LogP contribution in [0.4, 0.5) is 11.6 Å². The molecule has 4 aromatic heterocycles. The van der Waals surface area contributed by atoms with Gasteiger partial charge in [0.15, 0.2) is 5.82 Å². The van der Waals surface area contributed by atoms with Crippen molar-refractivity contribution < 1.29 is 4.21 Å². The number of imidazole rings is 2. The first-order valence-electron chi connectivity index (χ1n) is 10.9. The minimum atomic E-state index is -1.40. The third-order valence-corrected chi connectivity index (χ3v) is 6.89. The second-order valence-electron chi connectivity index (χ2n) is 8.14. The van der Waals surface area contributed by atoms with Crippen molar-refractivity contribution in [2.45, 2.75) is 36.9 Å². The van der Waals surface area contributed by atoms with Crippen LogP contribution in [0.2, 0.25) is 0 Å². The smallest absolute Gasteiger partial charge is 0.204 e. The summed E-state index contributed by atoms with van der Waals surface area (Å²) in [6.45, 7) is 6.26. The van der Waals surface area contributed by atoms with Crippen molar-refractivity contribution in [2.24, 2.45) is 7.05 Å². The number of nitrogens with one attached hydrogen (secondary N) is 1. The van der Waals surface area contributed by atoms with Crippen LogP contribution < -0.4 is 5.32 Å². The molecule has 4 heterocycles. The van der Waals surface area contributed by atoms with E-state index in [-0.39, 0.29) is 6.04 Å². The Morgan fingerprint density at radius 2 is 1.76 bits per heavy atom. The van der Waals surface area contributed by atoms with Gasteiger partial charge in [-0.3, -0.25) is 0 Å². The molecule has 5 aromatic rings. The number of hydrogen-bond donors (Lipinski definition) is 1. The van der Waals surface area contributed by atoms with Gasteiger partial charge in [0.2, 0.25) is 5.16 Å². The van der Waals surface area contributed by atoms with Gasteiger partial charge in [0, 0.05) is 30.2 Å². The van der Waals surface area contributed by atoms with E-state index in [4.69, 9.17) is 0 Å². The van der Waals surface area contributed by atoms with Gasteiger partial charge in [-0.25, -0.2) is 29.1 Å². The summed E-state index contributed by atoms with van der Waals surface area (Å²) in [5.41, 5.74) is 2.53. The molecule has 0 bridgehead atoms. The SMILES string of the molecule is Cc1nc2cnc(Nc3ccnc(-c4cnc(S(=O)c5ccccc5)n4C)n3)cc2n1C(C)C.